The lowest BCUT2D eigenvalue weighted by molar-refractivity contribution is -0.118. The van der Waals surface area contributed by atoms with Crippen LogP contribution in [0.3, 0.4) is 0 Å². The van der Waals surface area contributed by atoms with Gasteiger partial charge in [0.15, 0.2) is 0 Å². The number of nitrogens with two attached hydrogens (primary N) is 1. The number of para-hydroxylation sites is 1. The average Bonchev–Trinajstić information content (AvgIpc) is 2.81. The number of benzene rings is 2. The summed E-state index contributed by atoms with van der Waals surface area (Å²) in [6, 6.07) is 13.5. The van der Waals surface area contributed by atoms with E-state index < -0.39 is 5.91 Å². The number of carbonyl (C=O) groups is 3. The number of carbonyl (C=O) groups excluding carboxylic acids is 3. The van der Waals surface area contributed by atoms with E-state index in [-0.39, 0.29) is 11.8 Å². The molecule has 0 spiro atoms. The van der Waals surface area contributed by atoms with Gasteiger partial charge >= 0.3 is 0 Å². The first-order valence-corrected chi connectivity index (χ1v) is 11.4. The van der Waals surface area contributed by atoms with Crippen LogP contribution < -0.4 is 26.2 Å². The number of amides is 3. The average molecular weight is 452 g/mol. The summed E-state index contributed by atoms with van der Waals surface area (Å²) >= 11 is 0. The van der Waals surface area contributed by atoms with Crippen LogP contribution in [0.5, 0.6) is 0 Å². The topological polar surface area (TPSA) is 108 Å². The van der Waals surface area contributed by atoms with Crippen LogP contribution in [0.25, 0.3) is 0 Å². The Morgan fingerprint density at radius 1 is 0.879 bits per heavy atom. The number of aryl methyl sites for hydroxylation is 1. The van der Waals surface area contributed by atoms with Crippen LogP contribution in [0.4, 0.5) is 11.4 Å². The van der Waals surface area contributed by atoms with Crippen LogP contribution in [-0.2, 0) is 4.79 Å². The van der Waals surface area contributed by atoms with Crippen molar-refractivity contribution in [3.63, 3.8) is 0 Å². The van der Waals surface area contributed by atoms with Gasteiger partial charge in [0.2, 0.25) is 5.91 Å². The van der Waals surface area contributed by atoms with E-state index in [0.29, 0.717) is 24.2 Å². The number of nitrogens with zero attached hydrogens (tertiary/aromatic N) is 2. The minimum Gasteiger partial charge on any atom is -0.368 e. The van der Waals surface area contributed by atoms with E-state index in [1.165, 1.54) is 18.2 Å². The van der Waals surface area contributed by atoms with Crippen molar-refractivity contribution in [2.24, 2.45) is 5.73 Å². The first kappa shape index (κ1) is 24.1. The highest BCUT2D eigenvalue weighted by molar-refractivity contribution is 6.03. The summed E-state index contributed by atoms with van der Waals surface area (Å²) in [4.78, 5) is 40.1. The molecule has 4 N–H and O–H groups in total. The van der Waals surface area contributed by atoms with Gasteiger partial charge in [0.25, 0.3) is 11.8 Å². The summed E-state index contributed by atoms with van der Waals surface area (Å²) < 4.78 is 0. The second-order valence-corrected chi connectivity index (χ2v) is 8.30. The first-order valence-electron chi connectivity index (χ1n) is 11.4. The number of nitrogens with one attached hydrogen (secondary N) is 2. The molecule has 3 rings (SSSR count). The minimum absolute atomic E-state index is 0.0605. The molecule has 1 fully saturated rings. The molecule has 3 amide bonds. The van der Waals surface area contributed by atoms with E-state index in [2.05, 4.69) is 39.5 Å². The van der Waals surface area contributed by atoms with Crippen molar-refractivity contribution in [1.29, 1.82) is 0 Å². The molecule has 0 radical (unpaired) electrons. The number of unbranched alkanes of at least 4 members (excludes halogenated alkanes) is 1. The molecule has 176 valence electrons. The van der Waals surface area contributed by atoms with Crippen LogP contribution in [0.2, 0.25) is 0 Å². The fourth-order valence-corrected chi connectivity index (χ4v) is 4.08. The van der Waals surface area contributed by atoms with Crippen molar-refractivity contribution < 1.29 is 14.4 Å². The molecule has 0 bridgehead atoms. The fourth-order valence-electron chi connectivity index (χ4n) is 4.08. The minimum atomic E-state index is -0.545. The molecule has 8 nitrogen and oxygen atoms in total. The van der Waals surface area contributed by atoms with Crippen LogP contribution in [-0.4, -0.2) is 57.0 Å². The third kappa shape index (κ3) is 6.47. The molecule has 0 aromatic heterocycles. The Bertz CT molecular complexity index is 999. The SMILES string of the molecule is CC(=O)NCCCCNC(=O)c1ccc(N2CCN(c3ccccc3C)CC2)c(C(N)=O)c1. The summed E-state index contributed by atoms with van der Waals surface area (Å²) in [5.74, 6) is -0.848. The monoisotopic (exact) mass is 451 g/mol. The Balaban J connectivity index is 1.60. The molecule has 0 saturated carbocycles. The van der Waals surface area contributed by atoms with E-state index in [4.69, 9.17) is 5.73 Å². The Labute approximate surface area is 195 Å². The third-order valence-electron chi connectivity index (χ3n) is 5.86. The van der Waals surface area contributed by atoms with E-state index in [9.17, 15) is 14.4 Å². The molecule has 1 aliphatic heterocycles. The van der Waals surface area contributed by atoms with Gasteiger partial charge in [-0.05, 0) is 49.6 Å². The molecule has 1 heterocycles. The Hall–Kier alpha value is -3.55. The lowest BCUT2D eigenvalue weighted by atomic mass is 10.0. The smallest absolute Gasteiger partial charge is 0.251 e. The van der Waals surface area contributed by atoms with Gasteiger partial charge in [-0.25, -0.2) is 0 Å². The van der Waals surface area contributed by atoms with Crippen LogP contribution in [0.1, 0.15) is 46.0 Å². The van der Waals surface area contributed by atoms with Crippen molar-refractivity contribution in [3.05, 3.63) is 59.2 Å². The normalized spacial score (nSPS) is 13.5. The van der Waals surface area contributed by atoms with Gasteiger partial charge in [0.1, 0.15) is 0 Å². The Morgan fingerprint density at radius 3 is 2.09 bits per heavy atom. The standard InChI is InChI=1S/C25H33N5O3/c1-18-7-3-4-8-22(18)29-13-15-30(16-14-29)23-10-9-20(17-21(23)24(26)32)25(33)28-12-6-5-11-27-19(2)31/h3-4,7-10,17H,5-6,11-16H2,1-2H3,(H2,26,32)(H,27,31)(H,28,33). The molecular formula is C25H33N5O3. The molecule has 33 heavy (non-hydrogen) atoms. The quantitative estimate of drug-likeness (QED) is 0.506. The lowest BCUT2D eigenvalue weighted by Crippen LogP contribution is -2.47. The van der Waals surface area contributed by atoms with E-state index in [0.717, 1.165) is 44.7 Å². The molecule has 2 aromatic carbocycles. The van der Waals surface area contributed by atoms with Crippen molar-refractivity contribution in [1.82, 2.24) is 10.6 Å². The van der Waals surface area contributed by atoms with Gasteiger partial charge in [0, 0.05) is 63.1 Å². The zero-order chi connectivity index (χ0) is 23.8. The number of hydrogen-bond donors (Lipinski definition) is 3. The second kappa shape index (κ2) is 11.4. The molecule has 1 saturated heterocycles. The summed E-state index contributed by atoms with van der Waals surface area (Å²) in [6.07, 6.45) is 1.53. The van der Waals surface area contributed by atoms with Gasteiger partial charge in [-0.2, -0.15) is 0 Å². The van der Waals surface area contributed by atoms with Crippen molar-refractivity contribution in [2.45, 2.75) is 26.7 Å². The van der Waals surface area contributed by atoms with Gasteiger partial charge in [-0.3, -0.25) is 14.4 Å². The molecule has 8 heteroatoms. The maximum absolute atomic E-state index is 12.5. The van der Waals surface area contributed by atoms with E-state index in [1.54, 1.807) is 12.1 Å². The predicted octanol–water partition coefficient (Wildman–Crippen LogP) is 2.07. The zero-order valence-electron chi connectivity index (χ0n) is 19.4. The zero-order valence-corrected chi connectivity index (χ0v) is 19.4. The molecule has 0 aliphatic carbocycles. The van der Waals surface area contributed by atoms with Crippen LogP contribution in [0.15, 0.2) is 42.5 Å². The molecule has 1 aliphatic rings. The van der Waals surface area contributed by atoms with E-state index >= 15 is 0 Å². The number of hydrogen-bond acceptors (Lipinski definition) is 5. The molecule has 2 aromatic rings. The summed E-state index contributed by atoms with van der Waals surface area (Å²) in [5.41, 5.74) is 9.67. The van der Waals surface area contributed by atoms with Gasteiger partial charge in [-0.1, -0.05) is 18.2 Å². The largest absolute Gasteiger partial charge is 0.368 e. The number of rotatable bonds is 9. The maximum Gasteiger partial charge on any atom is 0.251 e. The predicted molar refractivity (Wildman–Crippen MR) is 131 cm³/mol. The first-order chi connectivity index (χ1) is 15.9. The molecular weight excluding hydrogens is 418 g/mol. The number of primary amides is 1. The molecule has 0 unspecified atom stereocenters. The van der Waals surface area contributed by atoms with Crippen LogP contribution >= 0.6 is 0 Å². The number of piperazine rings is 1. The highest BCUT2D eigenvalue weighted by Crippen LogP contribution is 2.26. The highest BCUT2D eigenvalue weighted by atomic mass is 16.2. The maximum atomic E-state index is 12.5. The van der Waals surface area contributed by atoms with Crippen molar-refractivity contribution in [3.8, 4) is 0 Å². The van der Waals surface area contributed by atoms with Gasteiger partial charge in [-0.15, -0.1) is 0 Å². The van der Waals surface area contributed by atoms with E-state index in [1.807, 2.05) is 18.2 Å². The Morgan fingerprint density at radius 2 is 1.48 bits per heavy atom. The van der Waals surface area contributed by atoms with Crippen molar-refractivity contribution >= 4 is 29.1 Å². The van der Waals surface area contributed by atoms with Gasteiger partial charge < -0.3 is 26.2 Å². The van der Waals surface area contributed by atoms with Crippen molar-refractivity contribution in [2.75, 3.05) is 49.1 Å². The highest BCUT2D eigenvalue weighted by Gasteiger charge is 2.22. The lowest BCUT2D eigenvalue weighted by Gasteiger charge is -2.38. The Kier molecular flexibility index (Phi) is 8.29. The fraction of sp³-hybridized carbons (Fsp3) is 0.400. The second-order valence-electron chi connectivity index (χ2n) is 8.30. The van der Waals surface area contributed by atoms with Crippen LogP contribution in [0, 0.1) is 6.92 Å². The summed E-state index contributed by atoms with van der Waals surface area (Å²) in [5, 5.41) is 5.58. The summed E-state index contributed by atoms with van der Waals surface area (Å²) in [6.45, 7) is 7.86. The van der Waals surface area contributed by atoms with Gasteiger partial charge in [0.05, 0.1) is 5.56 Å². The summed E-state index contributed by atoms with van der Waals surface area (Å²) in [7, 11) is 0. The third-order valence-corrected chi connectivity index (χ3v) is 5.86. The number of anilines is 2. The molecule has 0 atom stereocenters.